The van der Waals surface area contributed by atoms with Crippen LogP contribution in [0.25, 0.3) is 0 Å². The molecule has 1 heterocycles. The van der Waals surface area contributed by atoms with Crippen LogP contribution < -0.4 is 10.1 Å². The maximum Gasteiger partial charge on any atom is 0.277 e. The molecule has 7 nitrogen and oxygen atoms in total. The first-order valence-corrected chi connectivity index (χ1v) is 8.74. The summed E-state index contributed by atoms with van der Waals surface area (Å²) in [6.07, 6.45) is 0.538. The van der Waals surface area contributed by atoms with Crippen LogP contribution in [0.3, 0.4) is 0 Å². The van der Waals surface area contributed by atoms with Crippen LogP contribution in [-0.2, 0) is 6.54 Å². The van der Waals surface area contributed by atoms with E-state index in [0.717, 1.165) is 0 Å². The van der Waals surface area contributed by atoms with E-state index in [1.807, 2.05) is 0 Å². The van der Waals surface area contributed by atoms with Crippen molar-refractivity contribution in [1.82, 2.24) is 15.0 Å². The second-order valence-corrected chi connectivity index (χ2v) is 6.52. The highest BCUT2D eigenvalue weighted by atomic mass is 79.9. The molecule has 0 spiro atoms. The number of aliphatic hydroxyl groups is 1. The number of para-hydroxylation sites is 1. The van der Waals surface area contributed by atoms with Gasteiger partial charge < -0.3 is 15.2 Å². The lowest BCUT2D eigenvalue weighted by atomic mass is 10.1. The lowest BCUT2D eigenvalue weighted by Gasteiger charge is -2.14. The Morgan fingerprint density at radius 3 is 2.89 bits per heavy atom. The number of anilines is 1. The van der Waals surface area contributed by atoms with Crippen LogP contribution in [0.4, 0.5) is 10.1 Å². The van der Waals surface area contributed by atoms with Crippen molar-refractivity contribution in [3.8, 4) is 5.75 Å². The second kappa shape index (κ2) is 8.28. The van der Waals surface area contributed by atoms with E-state index in [9.17, 15) is 14.3 Å². The van der Waals surface area contributed by atoms with Crippen LogP contribution in [0.1, 0.15) is 22.2 Å². The largest absolute Gasteiger partial charge is 0.496 e. The van der Waals surface area contributed by atoms with Gasteiger partial charge in [-0.1, -0.05) is 23.4 Å². The van der Waals surface area contributed by atoms with Crippen molar-refractivity contribution in [2.24, 2.45) is 0 Å². The fraction of sp³-hybridized carbons (Fsp3) is 0.167. The number of ether oxygens (including phenoxy) is 1. The number of nitrogens with one attached hydrogen (secondary N) is 1. The van der Waals surface area contributed by atoms with Crippen molar-refractivity contribution >= 4 is 27.5 Å². The molecular formula is C18H16BrFN4O3. The Hall–Kier alpha value is -2.78. The van der Waals surface area contributed by atoms with Crippen LogP contribution in [0.5, 0.6) is 5.75 Å². The molecule has 1 unspecified atom stereocenters. The molecule has 0 radical (unpaired) electrons. The zero-order valence-corrected chi connectivity index (χ0v) is 15.9. The summed E-state index contributed by atoms with van der Waals surface area (Å²) in [5.41, 5.74) is 1.08. The Bertz CT molecular complexity index is 963. The van der Waals surface area contributed by atoms with Crippen LogP contribution in [0.15, 0.2) is 53.1 Å². The van der Waals surface area contributed by atoms with Crippen LogP contribution >= 0.6 is 15.9 Å². The number of benzene rings is 2. The first-order valence-electron chi connectivity index (χ1n) is 7.95. The van der Waals surface area contributed by atoms with E-state index in [1.54, 1.807) is 24.3 Å². The van der Waals surface area contributed by atoms with Gasteiger partial charge >= 0.3 is 0 Å². The summed E-state index contributed by atoms with van der Waals surface area (Å²) < 4.78 is 20.1. The Morgan fingerprint density at radius 2 is 2.15 bits per heavy atom. The van der Waals surface area contributed by atoms with Crippen LogP contribution in [0.2, 0.25) is 0 Å². The third kappa shape index (κ3) is 4.50. The van der Waals surface area contributed by atoms with Gasteiger partial charge in [0.1, 0.15) is 17.7 Å². The lowest BCUT2D eigenvalue weighted by Crippen LogP contribution is -2.13. The lowest BCUT2D eigenvalue weighted by molar-refractivity contribution is 0.102. The van der Waals surface area contributed by atoms with Gasteiger partial charge in [0.15, 0.2) is 5.69 Å². The molecule has 0 fully saturated rings. The Kier molecular flexibility index (Phi) is 5.82. The number of carbonyl (C=O) groups excluding carboxylic acids is 1. The summed E-state index contributed by atoms with van der Waals surface area (Å²) in [4.78, 5) is 12.3. The smallest absolute Gasteiger partial charge is 0.277 e. The number of nitrogens with zero attached hydrogens (tertiary/aromatic N) is 3. The quantitative estimate of drug-likeness (QED) is 0.621. The topological polar surface area (TPSA) is 89.3 Å². The molecule has 3 rings (SSSR count). The third-order valence-electron chi connectivity index (χ3n) is 3.81. The average molecular weight is 435 g/mol. The predicted molar refractivity (Wildman–Crippen MR) is 100 cm³/mol. The highest BCUT2D eigenvalue weighted by Gasteiger charge is 2.17. The van der Waals surface area contributed by atoms with E-state index in [4.69, 9.17) is 4.74 Å². The molecular weight excluding hydrogens is 419 g/mol. The Balaban J connectivity index is 1.69. The molecule has 2 aromatic carbocycles. The molecule has 1 amide bonds. The summed E-state index contributed by atoms with van der Waals surface area (Å²) in [5, 5.41) is 20.7. The number of aromatic nitrogens is 3. The SMILES string of the molecule is COc1ccccc1C(O)Cn1cc(C(=O)Nc2ccc(F)cc2Br)nn1. The number of carbonyl (C=O) groups is 1. The minimum Gasteiger partial charge on any atom is -0.496 e. The van der Waals surface area contributed by atoms with E-state index in [0.29, 0.717) is 21.5 Å². The first-order chi connectivity index (χ1) is 13.0. The summed E-state index contributed by atoms with van der Waals surface area (Å²) >= 11 is 3.18. The molecule has 1 atom stereocenters. The average Bonchev–Trinajstić information content (AvgIpc) is 3.12. The number of rotatable bonds is 6. The standard InChI is InChI=1S/C18H16BrFN4O3/c1-27-17-5-3-2-4-12(17)16(25)10-24-9-15(22-23-24)18(26)21-14-7-6-11(20)8-13(14)19/h2-9,16,25H,10H2,1H3,(H,21,26). The zero-order valence-electron chi connectivity index (χ0n) is 14.3. The molecule has 2 N–H and O–H groups in total. The number of hydrogen-bond donors (Lipinski definition) is 2. The number of methoxy groups -OCH3 is 1. The molecule has 0 saturated carbocycles. The van der Waals surface area contributed by atoms with Crippen LogP contribution in [0, 0.1) is 5.82 Å². The van der Waals surface area contributed by atoms with E-state index in [2.05, 4.69) is 31.6 Å². The third-order valence-corrected chi connectivity index (χ3v) is 4.46. The number of aliphatic hydroxyl groups excluding tert-OH is 1. The summed E-state index contributed by atoms with van der Waals surface area (Å²) in [6, 6.07) is 11.0. The molecule has 1 aromatic heterocycles. The highest BCUT2D eigenvalue weighted by molar-refractivity contribution is 9.10. The van der Waals surface area contributed by atoms with Crippen molar-refractivity contribution in [3.05, 3.63) is 70.2 Å². The minimum atomic E-state index is -0.884. The molecule has 3 aromatic rings. The Morgan fingerprint density at radius 1 is 1.37 bits per heavy atom. The van der Waals surface area contributed by atoms with Crippen molar-refractivity contribution in [1.29, 1.82) is 0 Å². The van der Waals surface area contributed by atoms with Gasteiger partial charge in [-0.3, -0.25) is 4.79 Å². The monoisotopic (exact) mass is 434 g/mol. The summed E-state index contributed by atoms with van der Waals surface area (Å²) in [5.74, 6) is -0.360. The Labute approximate surface area is 162 Å². The van der Waals surface area contributed by atoms with Gasteiger partial charge in [0.25, 0.3) is 5.91 Å². The molecule has 0 bridgehead atoms. The minimum absolute atomic E-state index is 0.0680. The fourth-order valence-corrected chi connectivity index (χ4v) is 2.94. The van der Waals surface area contributed by atoms with Gasteiger partial charge in [0, 0.05) is 10.0 Å². The van der Waals surface area contributed by atoms with E-state index in [-0.39, 0.29) is 12.2 Å². The van der Waals surface area contributed by atoms with Gasteiger partial charge in [-0.15, -0.1) is 5.10 Å². The summed E-state index contributed by atoms with van der Waals surface area (Å²) in [7, 11) is 1.52. The van der Waals surface area contributed by atoms with Gasteiger partial charge in [0.05, 0.1) is 25.5 Å². The van der Waals surface area contributed by atoms with Crippen molar-refractivity contribution < 1.29 is 19.0 Å². The number of halogens is 2. The summed E-state index contributed by atoms with van der Waals surface area (Å²) in [6.45, 7) is 0.0981. The molecule has 140 valence electrons. The molecule has 0 aliphatic heterocycles. The maximum absolute atomic E-state index is 13.1. The zero-order chi connectivity index (χ0) is 19.4. The maximum atomic E-state index is 13.1. The van der Waals surface area contributed by atoms with E-state index >= 15 is 0 Å². The van der Waals surface area contributed by atoms with Crippen LogP contribution in [-0.4, -0.2) is 33.1 Å². The van der Waals surface area contributed by atoms with Crippen molar-refractivity contribution in [2.75, 3.05) is 12.4 Å². The molecule has 27 heavy (non-hydrogen) atoms. The normalized spacial score (nSPS) is 11.9. The van der Waals surface area contributed by atoms with Crippen molar-refractivity contribution in [3.63, 3.8) is 0 Å². The highest BCUT2D eigenvalue weighted by Crippen LogP contribution is 2.26. The molecule has 0 aliphatic carbocycles. The van der Waals surface area contributed by atoms with Gasteiger partial charge in [-0.25, -0.2) is 9.07 Å². The van der Waals surface area contributed by atoms with E-state index < -0.39 is 17.8 Å². The number of hydrogen-bond acceptors (Lipinski definition) is 5. The van der Waals surface area contributed by atoms with Gasteiger partial charge in [0.2, 0.25) is 0 Å². The van der Waals surface area contributed by atoms with Gasteiger partial charge in [-0.2, -0.15) is 0 Å². The van der Waals surface area contributed by atoms with E-state index in [1.165, 1.54) is 36.2 Å². The number of amides is 1. The molecule has 9 heteroatoms. The second-order valence-electron chi connectivity index (χ2n) is 5.66. The first kappa shape index (κ1) is 19.0. The predicted octanol–water partition coefficient (Wildman–Crippen LogP) is 3.17. The molecule has 0 saturated heterocycles. The van der Waals surface area contributed by atoms with Gasteiger partial charge in [-0.05, 0) is 40.2 Å². The van der Waals surface area contributed by atoms with Crippen molar-refractivity contribution in [2.45, 2.75) is 12.6 Å². The fourth-order valence-electron chi connectivity index (χ4n) is 2.49. The molecule has 0 aliphatic rings.